The number of hydrogen-bond donors (Lipinski definition) is 0. The highest BCUT2D eigenvalue weighted by Gasteiger charge is 2.52. The van der Waals surface area contributed by atoms with Crippen LogP contribution < -0.4 is 13.6 Å². The van der Waals surface area contributed by atoms with Crippen molar-refractivity contribution in [3.63, 3.8) is 0 Å². The predicted molar refractivity (Wildman–Crippen MR) is 90.7 cm³/mol. The second-order valence-electron chi connectivity index (χ2n) is 6.23. The van der Waals surface area contributed by atoms with Crippen molar-refractivity contribution < 1.29 is 18.1 Å². The Morgan fingerprint density at radius 3 is 2.35 bits per heavy atom. The summed E-state index contributed by atoms with van der Waals surface area (Å²) in [6, 6.07) is 6.26. The zero-order valence-electron chi connectivity index (χ0n) is 13.6. The fourth-order valence-electron chi connectivity index (χ4n) is 3.45. The van der Waals surface area contributed by atoms with Crippen molar-refractivity contribution in [1.82, 2.24) is 0 Å². The lowest BCUT2D eigenvalue weighted by Crippen LogP contribution is -2.03. The van der Waals surface area contributed by atoms with Gasteiger partial charge in [0.15, 0.2) is 11.5 Å². The average molecular weight is 332 g/mol. The maximum Gasteiger partial charge on any atom is 0.647 e. The maximum atomic E-state index is 12.4. The highest BCUT2D eigenvalue weighted by molar-refractivity contribution is 7.50. The van der Waals surface area contributed by atoms with Gasteiger partial charge in [0, 0.05) is 10.9 Å². The van der Waals surface area contributed by atoms with Crippen LogP contribution in [-0.2, 0) is 17.4 Å². The predicted octanol–water partition coefficient (Wildman–Crippen LogP) is 5.80. The van der Waals surface area contributed by atoms with Crippen molar-refractivity contribution in [3.8, 4) is 17.2 Å². The number of hydrogen-bond acceptors (Lipinski definition) is 4. The summed E-state index contributed by atoms with van der Waals surface area (Å²) in [5.41, 5.74) is 2.45. The summed E-state index contributed by atoms with van der Waals surface area (Å²) in [5, 5.41) is 2.21. The van der Waals surface area contributed by atoms with E-state index in [0.29, 0.717) is 17.2 Å². The number of unbranched alkanes of at least 4 members (excludes halogenated alkanes) is 2. The molecule has 0 saturated carbocycles. The molecule has 1 atom stereocenters. The third-order valence-corrected chi connectivity index (χ3v) is 5.79. The molecule has 2 aliphatic heterocycles. The van der Waals surface area contributed by atoms with Crippen LogP contribution in [0.5, 0.6) is 17.2 Å². The van der Waals surface area contributed by atoms with E-state index < -0.39 is 7.82 Å². The number of aryl methyl sites for hydroxylation is 2. The molecule has 4 rings (SSSR count). The summed E-state index contributed by atoms with van der Waals surface area (Å²) in [6.45, 7) is 4.37. The Balaban J connectivity index is 1.97. The number of benzene rings is 2. The Morgan fingerprint density at radius 2 is 1.61 bits per heavy atom. The Kier molecular flexibility index (Phi) is 3.53. The topological polar surface area (TPSA) is 44.8 Å². The molecule has 2 aromatic rings. The van der Waals surface area contributed by atoms with Crippen LogP contribution >= 0.6 is 7.82 Å². The summed E-state index contributed by atoms with van der Waals surface area (Å²) < 4.78 is 28.9. The molecule has 0 radical (unpaired) electrons. The van der Waals surface area contributed by atoms with E-state index in [2.05, 4.69) is 19.9 Å². The summed E-state index contributed by atoms with van der Waals surface area (Å²) in [5.74, 6) is 1.79. The van der Waals surface area contributed by atoms with Gasteiger partial charge in [-0.1, -0.05) is 44.9 Å². The van der Waals surface area contributed by atoms with Gasteiger partial charge in [0.2, 0.25) is 5.75 Å². The van der Waals surface area contributed by atoms with E-state index in [9.17, 15) is 4.57 Å². The molecule has 122 valence electrons. The van der Waals surface area contributed by atoms with Gasteiger partial charge in [0.25, 0.3) is 0 Å². The Hall–Kier alpha value is -1.67. The van der Waals surface area contributed by atoms with Gasteiger partial charge in [0.1, 0.15) is 0 Å². The van der Waals surface area contributed by atoms with Crippen LogP contribution in [0.25, 0.3) is 10.8 Å². The number of rotatable bonds is 6. The molecule has 23 heavy (non-hydrogen) atoms. The van der Waals surface area contributed by atoms with E-state index >= 15 is 0 Å². The molecule has 2 aromatic carbocycles. The van der Waals surface area contributed by atoms with Crippen molar-refractivity contribution in [2.75, 3.05) is 0 Å². The van der Waals surface area contributed by atoms with Crippen molar-refractivity contribution >= 4 is 18.6 Å². The molecule has 4 nitrogen and oxygen atoms in total. The molecule has 0 aliphatic carbocycles. The van der Waals surface area contributed by atoms with Gasteiger partial charge < -0.3 is 13.6 Å². The molecule has 1 unspecified atom stereocenters. The quantitative estimate of drug-likeness (QED) is 0.627. The lowest BCUT2D eigenvalue weighted by atomic mass is 9.92. The lowest BCUT2D eigenvalue weighted by molar-refractivity contribution is 0.354. The van der Waals surface area contributed by atoms with Crippen molar-refractivity contribution in [3.05, 3.63) is 29.3 Å². The second kappa shape index (κ2) is 5.45. The van der Waals surface area contributed by atoms with Gasteiger partial charge in [-0.05, 0) is 36.6 Å². The normalized spacial score (nSPS) is 20.4. The molecule has 2 aliphatic rings. The molecule has 2 bridgehead atoms. The minimum Gasteiger partial charge on any atom is -0.381 e. The Labute approximate surface area is 136 Å². The first-order valence-corrected chi connectivity index (χ1v) is 9.92. The van der Waals surface area contributed by atoms with Gasteiger partial charge in [-0.2, -0.15) is 4.57 Å². The van der Waals surface area contributed by atoms with Crippen LogP contribution in [0.4, 0.5) is 0 Å². The maximum absolute atomic E-state index is 12.4. The monoisotopic (exact) mass is 332 g/mol. The Bertz CT molecular complexity index is 828. The van der Waals surface area contributed by atoms with E-state index in [1.807, 2.05) is 12.1 Å². The first-order chi connectivity index (χ1) is 11.2. The van der Waals surface area contributed by atoms with Gasteiger partial charge >= 0.3 is 7.82 Å². The lowest BCUT2D eigenvalue weighted by Gasteiger charge is -2.19. The van der Waals surface area contributed by atoms with E-state index in [0.717, 1.165) is 49.5 Å². The van der Waals surface area contributed by atoms with Crippen LogP contribution in [0.2, 0.25) is 0 Å². The zero-order chi connectivity index (χ0) is 16.0. The highest BCUT2D eigenvalue weighted by Crippen LogP contribution is 2.71. The first kappa shape index (κ1) is 14.9. The number of phosphoric acid groups is 1. The molecule has 0 fully saturated rings. The van der Waals surface area contributed by atoms with Crippen LogP contribution in [-0.4, -0.2) is 0 Å². The highest BCUT2D eigenvalue weighted by atomic mass is 31.2. The summed E-state index contributed by atoms with van der Waals surface area (Å²) >= 11 is 0. The van der Waals surface area contributed by atoms with Crippen molar-refractivity contribution in [2.45, 2.75) is 52.4 Å². The average Bonchev–Trinajstić information content (AvgIpc) is 3.07. The zero-order valence-corrected chi connectivity index (χ0v) is 14.4. The molecule has 0 N–H and O–H groups in total. The first-order valence-electron chi connectivity index (χ1n) is 8.46. The van der Waals surface area contributed by atoms with Gasteiger partial charge in [-0.25, -0.2) is 0 Å². The number of phosphoric ester groups is 1. The fourth-order valence-corrected chi connectivity index (χ4v) is 4.77. The molecular weight excluding hydrogens is 311 g/mol. The summed E-state index contributed by atoms with van der Waals surface area (Å²) in [7, 11) is -3.45. The van der Waals surface area contributed by atoms with Crippen LogP contribution in [0.3, 0.4) is 0 Å². The summed E-state index contributed by atoms with van der Waals surface area (Å²) in [4.78, 5) is 0. The third kappa shape index (κ3) is 2.23. The molecule has 0 saturated heterocycles. The van der Waals surface area contributed by atoms with Crippen LogP contribution in [0.1, 0.15) is 50.7 Å². The SMILES string of the molecule is CCCCc1cccc2c3c4c(c(CCCC)c12)OP(=O)(O4)O3. The minimum atomic E-state index is -3.45. The van der Waals surface area contributed by atoms with Gasteiger partial charge in [-0.3, -0.25) is 0 Å². The van der Waals surface area contributed by atoms with Crippen molar-refractivity contribution in [1.29, 1.82) is 0 Å². The molecule has 5 heteroatoms. The fraction of sp³-hybridized carbons (Fsp3) is 0.444. The standard InChI is InChI=1S/C18H21O4P/c1-3-5-8-12-9-7-11-14-15(12)13(10-6-4-2)16-18-17(14)21-23(19,20-16)22-18/h7,9,11H,3-6,8,10H2,1-2H3. The largest absolute Gasteiger partial charge is 0.647 e. The smallest absolute Gasteiger partial charge is 0.381 e. The number of fused-ring (bicyclic) bond motifs is 3. The van der Waals surface area contributed by atoms with Gasteiger partial charge in [-0.15, -0.1) is 0 Å². The van der Waals surface area contributed by atoms with E-state index in [1.54, 1.807) is 0 Å². The third-order valence-electron chi connectivity index (χ3n) is 4.57. The van der Waals surface area contributed by atoms with Crippen LogP contribution in [0, 0.1) is 0 Å². The van der Waals surface area contributed by atoms with Gasteiger partial charge in [0.05, 0.1) is 0 Å². The van der Waals surface area contributed by atoms with E-state index in [-0.39, 0.29) is 0 Å². The van der Waals surface area contributed by atoms with Crippen LogP contribution in [0.15, 0.2) is 18.2 Å². The van der Waals surface area contributed by atoms with Crippen molar-refractivity contribution in [2.24, 2.45) is 0 Å². The molecule has 0 aromatic heterocycles. The summed E-state index contributed by atoms with van der Waals surface area (Å²) in [6.07, 6.45) is 6.41. The molecule has 0 spiro atoms. The second-order valence-corrected chi connectivity index (χ2v) is 7.68. The molecule has 2 heterocycles. The minimum absolute atomic E-state index is 0.541. The molecular formula is C18H21O4P. The van der Waals surface area contributed by atoms with E-state index in [4.69, 9.17) is 13.6 Å². The molecule has 0 amide bonds. The Morgan fingerprint density at radius 1 is 0.913 bits per heavy atom. The van der Waals surface area contributed by atoms with E-state index in [1.165, 1.54) is 10.9 Å².